The van der Waals surface area contributed by atoms with Crippen LogP contribution in [0, 0.1) is 0 Å². The fourth-order valence-electron chi connectivity index (χ4n) is 2.08. The molecular formula is C15H18ClN3O. The van der Waals surface area contributed by atoms with Gasteiger partial charge in [0, 0.05) is 16.3 Å². The monoisotopic (exact) mass is 291 g/mol. The number of amides is 2. The minimum atomic E-state index is -0.246. The van der Waals surface area contributed by atoms with Gasteiger partial charge in [0.1, 0.15) is 0 Å². The lowest BCUT2D eigenvalue weighted by Crippen LogP contribution is -2.35. The minimum absolute atomic E-state index is 0.246. The fraction of sp³-hybridized carbons (Fsp3) is 0.333. The average molecular weight is 292 g/mol. The number of hydrogen-bond acceptors (Lipinski definition) is 2. The zero-order chi connectivity index (χ0) is 14.9. The third-order valence-corrected chi connectivity index (χ3v) is 3.35. The van der Waals surface area contributed by atoms with E-state index < -0.39 is 0 Å². The number of benzene rings is 1. The van der Waals surface area contributed by atoms with Crippen LogP contribution in [0.15, 0.2) is 28.9 Å². The smallest absolute Gasteiger partial charge is 0.305 e. The second-order valence-corrected chi connectivity index (χ2v) is 5.40. The molecule has 0 bridgehead atoms. The SMILES string of the molecule is CCC(C)=C1c2cc(Cl)ccc2NC(=O)N1N=C(C)C. The molecule has 1 aliphatic heterocycles. The zero-order valence-corrected chi connectivity index (χ0v) is 12.9. The normalized spacial score (nSPS) is 16.4. The number of nitrogens with one attached hydrogen (secondary N) is 1. The standard InChI is InChI=1S/C15H18ClN3O/c1-5-10(4)14-12-8-11(16)6-7-13(12)17-15(20)19(14)18-9(2)3/h6-8H,5H2,1-4H3,(H,17,20). The number of nitrogens with zero attached hydrogens (tertiary/aromatic N) is 2. The Labute approximate surface area is 124 Å². The van der Waals surface area contributed by atoms with Gasteiger partial charge in [-0.25, -0.2) is 4.79 Å². The van der Waals surface area contributed by atoms with Gasteiger partial charge in [-0.05, 0) is 51.0 Å². The van der Waals surface area contributed by atoms with E-state index in [4.69, 9.17) is 11.6 Å². The summed E-state index contributed by atoms with van der Waals surface area (Å²) in [5, 5.41) is 9.23. The number of anilines is 1. The number of hydrazone groups is 1. The summed E-state index contributed by atoms with van der Waals surface area (Å²) in [7, 11) is 0. The summed E-state index contributed by atoms with van der Waals surface area (Å²) in [5.41, 5.74) is 4.39. The van der Waals surface area contributed by atoms with E-state index in [1.165, 1.54) is 5.01 Å². The number of urea groups is 1. The van der Waals surface area contributed by atoms with Crippen molar-refractivity contribution in [3.05, 3.63) is 34.4 Å². The number of fused-ring (bicyclic) bond motifs is 1. The van der Waals surface area contributed by atoms with E-state index in [2.05, 4.69) is 17.3 Å². The van der Waals surface area contributed by atoms with Crippen molar-refractivity contribution >= 4 is 34.7 Å². The van der Waals surface area contributed by atoms with Crippen LogP contribution in [0.2, 0.25) is 5.02 Å². The van der Waals surface area contributed by atoms with Crippen LogP contribution < -0.4 is 5.32 Å². The van der Waals surface area contributed by atoms with Gasteiger partial charge in [-0.1, -0.05) is 18.5 Å². The van der Waals surface area contributed by atoms with Gasteiger partial charge in [0.25, 0.3) is 0 Å². The summed E-state index contributed by atoms with van der Waals surface area (Å²) < 4.78 is 0. The van der Waals surface area contributed by atoms with Crippen LogP contribution in [0.3, 0.4) is 0 Å². The average Bonchev–Trinajstić information content (AvgIpc) is 2.39. The van der Waals surface area contributed by atoms with Crippen molar-refractivity contribution in [3.8, 4) is 0 Å². The first-order chi connectivity index (χ1) is 9.43. The van der Waals surface area contributed by atoms with Gasteiger partial charge < -0.3 is 5.32 Å². The van der Waals surface area contributed by atoms with E-state index in [1.54, 1.807) is 6.07 Å². The third kappa shape index (κ3) is 2.70. The molecule has 5 heteroatoms. The maximum Gasteiger partial charge on any atom is 0.347 e. The van der Waals surface area contributed by atoms with Crippen molar-refractivity contribution in [1.29, 1.82) is 0 Å². The van der Waals surface area contributed by atoms with Crippen molar-refractivity contribution in [3.63, 3.8) is 0 Å². The van der Waals surface area contributed by atoms with Crippen LogP contribution in [0.5, 0.6) is 0 Å². The largest absolute Gasteiger partial charge is 0.347 e. The number of carbonyl (C=O) groups excluding carboxylic acids is 1. The summed E-state index contributed by atoms with van der Waals surface area (Å²) in [6.07, 6.45) is 0.837. The van der Waals surface area contributed by atoms with Gasteiger partial charge in [-0.15, -0.1) is 0 Å². The Kier molecular flexibility index (Phi) is 4.14. The second-order valence-electron chi connectivity index (χ2n) is 4.96. The van der Waals surface area contributed by atoms with Crippen molar-refractivity contribution in [2.24, 2.45) is 5.10 Å². The molecule has 0 saturated carbocycles. The van der Waals surface area contributed by atoms with Crippen molar-refractivity contribution in [1.82, 2.24) is 5.01 Å². The van der Waals surface area contributed by atoms with E-state index in [1.807, 2.05) is 32.9 Å². The van der Waals surface area contributed by atoms with Gasteiger partial charge in [0.2, 0.25) is 0 Å². The summed E-state index contributed by atoms with van der Waals surface area (Å²) in [4.78, 5) is 12.2. The zero-order valence-electron chi connectivity index (χ0n) is 12.1. The minimum Gasteiger partial charge on any atom is -0.305 e. The number of halogens is 1. The van der Waals surface area contributed by atoms with Crippen molar-refractivity contribution < 1.29 is 4.79 Å². The van der Waals surface area contributed by atoms with Crippen LogP contribution in [0.1, 0.15) is 39.7 Å². The Bertz CT molecular complexity index is 616. The molecule has 20 heavy (non-hydrogen) atoms. The number of hydrogen-bond donors (Lipinski definition) is 1. The predicted octanol–water partition coefficient (Wildman–Crippen LogP) is 4.72. The Morgan fingerprint density at radius 2 is 2.05 bits per heavy atom. The Morgan fingerprint density at radius 1 is 1.35 bits per heavy atom. The van der Waals surface area contributed by atoms with Gasteiger partial charge in [-0.2, -0.15) is 10.1 Å². The van der Waals surface area contributed by atoms with E-state index in [0.717, 1.165) is 34.7 Å². The van der Waals surface area contributed by atoms with E-state index >= 15 is 0 Å². The maximum absolute atomic E-state index is 12.2. The molecule has 2 amide bonds. The molecule has 1 aromatic carbocycles. The molecule has 0 saturated heterocycles. The summed E-state index contributed by atoms with van der Waals surface area (Å²) in [6.45, 7) is 7.78. The molecule has 2 rings (SSSR count). The van der Waals surface area contributed by atoms with Crippen LogP contribution in [0.4, 0.5) is 10.5 Å². The third-order valence-electron chi connectivity index (χ3n) is 3.12. The summed E-state index contributed by atoms with van der Waals surface area (Å²) >= 11 is 6.09. The summed E-state index contributed by atoms with van der Waals surface area (Å²) in [6, 6.07) is 5.20. The molecule has 1 N–H and O–H groups in total. The lowest BCUT2D eigenvalue weighted by atomic mass is 10.0. The number of rotatable bonds is 2. The lowest BCUT2D eigenvalue weighted by Gasteiger charge is -2.30. The van der Waals surface area contributed by atoms with Gasteiger partial charge in [0.15, 0.2) is 0 Å². The van der Waals surface area contributed by atoms with Crippen molar-refractivity contribution in [2.75, 3.05) is 5.32 Å². The molecule has 106 valence electrons. The van der Waals surface area contributed by atoms with Crippen LogP contribution in [0.25, 0.3) is 5.70 Å². The molecule has 0 atom stereocenters. The first-order valence-electron chi connectivity index (χ1n) is 6.56. The van der Waals surface area contributed by atoms with E-state index in [9.17, 15) is 4.79 Å². The highest BCUT2D eigenvalue weighted by atomic mass is 35.5. The first-order valence-corrected chi connectivity index (χ1v) is 6.94. The Hall–Kier alpha value is -1.81. The molecule has 0 spiro atoms. The predicted molar refractivity (Wildman–Crippen MR) is 84.0 cm³/mol. The van der Waals surface area contributed by atoms with Crippen LogP contribution >= 0.6 is 11.6 Å². The first kappa shape index (κ1) is 14.6. The summed E-state index contributed by atoms with van der Waals surface area (Å²) in [5.74, 6) is 0. The molecule has 4 nitrogen and oxygen atoms in total. The molecule has 0 radical (unpaired) electrons. The quantitative estimate of drug-likeness (QED) is 0.787. The highest BCUT2D eigenvalue weighted by molar-refractivity contribution is 6.31. The van der Waals surface area contributed by atoms with E-state index in [0.29, 0.717) is 5.02 Å². The Balaban J connectivity index is 2.69. The highest BCUT2D eigenvalue weighted by Gasteiger charge is 2.29. The van der Waals surface area contributed by atoms with Crippen LogP contribution in [-0.4, -0.2) is 16.8 Å². The highest BCUT2D eigenvalue weighted by Crippen LogP contribution is 2.36. The maximum atomic E-state index is 12.2. The molecule has 0 aromatic heterocycles. The second kappa shape index (κ2) is 5.67. The molecular weight excluding hydrogens is 274 g/mol. The molecule has 1 aliphatic rings. The fourth-order valence-corrected chi connectivity index (χ4v) is 2.25. The molecule has 1 aromatic rings. The van der Waals surface area contributed by atoms with Gasteiger partial charge in [-0.3, -0.25) is 0 Å². The van der Waals surface area contributed by atoms with Crippen LogP contribution in [-0.2, 0) is 0 Å². The van der Waals surface area contributed by atoms with Crippen molar-refractivity contribution in [2.45, 2.75) is 34.1 Å². The molecule has 1 heterocycles. The molecule has 0 fully saturated rings. The molecule has 0 aliphatic carbocycles. The lowest BCUT2D eigenvalue weighted by molar-refractivity contribution is 0.231. The van der Waals surface area contributed by atoms with E-state index in [-0.39, 0.29) is 6.03 Å². The molecule has 0 unspecified atom stereocenters. The van der Waals surface area contributed by atoms with Gasteiger partial charge >= 0.3 is 6.03 Å². The topological polar surface area (TPSA) is 44.7 Å². The Morgan fingerprint density at radius 3 is 2.65 bits per heavy atom. The van der Waals surface area contributed by atoms with Gasteiger partial charge in [0.05, 0.1) is 11.4 Å². The number of carbonyl (C=O) groups is 1. The number of allylic oxidation sites excluding steroid dienone is 1.